The fourth-order valence-corrected chi connectivity index (χ4v) is 9.57. The number of aryl methyl sites for hydroxylation is 1. The van der Waals surface area contributed by atoms with Gasteiger partial charge in [0.25, 0.3) is 15.9 Å². The second-order valence-electron chi connectivity index (χ2n) is 15.1. The highest BCUT2D eigenvalue weighted by molar-refractivity contribution is 7.94. The van der Waals surface area contributed by atoms with E-state index in [1.54, 1.807) is 24.0 Å². The first-order valence-corrected chi connectivity index (χ1v) is 20.3. The van der Waals surface area contributed by atoms with Gasteiger partial charge in [0.2, 0.25) is 0 Å². The molecule has 3 fully saturated rings. The van der Waals surface area contributed by atoms with E-state index in [0.29, 0.717) is 55.9 Å². The number of likely N-dealkylation sites (tertiary alicyclic amines) is 1. The average molecular weight is 758 g/mol. The Hall–Kier alpha value is -3.32. The van der Waals surface area contributed by atoms with Crippen molar-refractivity contribution in [2.24, 2.45) is 11.8 Å². The lowest BCUT2D eigenvalue weighted by atomic mass is 9.68. The molecule has 0 aromatic heterocycles. The van der Waals surface area contributed by atoms with Gasteiger partial charge in [-0.05, 0) is 108 Å². The van der Waals surface area contributed by atoms with Gasteiger partial charge < -0.3 is 28.7 Å². The Morgan fingerprint density at radius 1 is 1.21 bits per heavy atom. The molecule has 3 heterocycles. The van der Waals surface area contributed by atoms with Crippen molar-refractivity contribution in [2.45, 2.75) is 89.4 Å². The predicted molar refractivity (Wildman–Crippen MR) is 199 cm³/mol. The molecule has 2 amide bonds. The molecule has 1 spiro atoms. The number of amides is 2. The van der Waals surface area contributed by atoms with Crippen LogP contribution in [0.15, 0.2) is 65.4 Å². The molecular weight excluding hydrogens is 706 g/mol. The number of nitrogens with zero attached hydrogens (tertiary/aromatic N) is 2. The van der Waals surface area contributed by atoms with Crippen molar-refractivity contribution in [3.8, 4) is 0 Å². The summed E-state index contributed by atoms with van der Waals surface area (Å²) in [6.07, 6.45) is 10.9. The maximum Gasteiger partial charge on any atom is 0.410 e. The lowest BCUT2D eigenvalue weighted by molar-refractivity contribution is -0.139. The molecule has 5 aliphatic rings. The quantitative estimate of drug-likeness (QED) is 0.370. The molecule has 11 nitrogen and oxygen atoms in total. The molecule has 2 aliphatic carbocycles. The van der Waals surface area contributed by atoms with Gasteiger partial charge in [0, 0.05) is 42.6 Å². The number of sulfonamides is 1. The highest BCUT2D eigenvalue weighted by Crippen LogP contribution is 2.46. The lowest BCUT2D eigenvalue weighted by Gasteiger charge is -2.46. The number of rotatable bonds is 3. The Morgan fingerprint density at radius 3 is 2.75 bits per heavy atom. The Kier molecular flexibility index (Phi) is 11.5. The van der Waals surface area contributed by atoms with Crippen LogP contribution in [0.3, 0.4) is 0 Å². The zero-order valence-electron chi connectivity index (χ0n) is 30.7. The van der Waals surface area contributed by atoms with Crippen LogP contribution in [0, 0.1) is 11.8 Å². The van der Waals surface area contributed by atoms with Gasteiger partial charge >= 0.3 is 6.09 Å². The molecular formula is C39H52ClN3O8S. The summed E-state index contributed by atoms with van der Waals surface area (Å²) in [5.41, 5.74) is 1.00. The third kappa shape index (κ3) is 8.10. The van der Waals surface area contributed by atoms with Gasteiger partial charge in [0.15, 0.2) is 0 Å². The van der Waals surface area contributed by atoms with Crippen LogP contribution in [-0.2, 0) is 45.6 Å². The minimum atomic E-state index is -4.30. The summed E-state index contributed by atoms with van der Waals surface area (Å²) in [7, 11) is -4.30. The Morgan fingerprint density at radius 2 is 2.02 bits per heavy atom. The van der Waals surface area contributed by atoms with Gasteiger partial charge in [-0.3, -0.25) is 4.79 Å². The monoisotopic (exact) mass is 757 g/mol. The second-order valence-corrected chi connectivity index (χ2v) is 17.2. The highest BCUT2D eigenvalue weighted by Gasteiger charge is 2.46. The van der Waals surface area contributed by atoms with Crippen molar-refractivity contribution >= 4 is 33.6 Å². The Labute approximate surface area is 313 Å². The van der Waals surface area contributed by atoms with Crippen LogP contribution in [-0.4, -0.2) is 94.0 Å². The molecule has 1 saturated carbocycles. The van der Waals surface area contributed by atoms with Crippen LogP contribution in [0.2, 0.25) is 5.02 Å². The number of ether oxygens (including phenoxy) is 4. The predicted octanol–water partition coefficient (Wildman–Crippen LogP) is 6.00. The number of hydrogen-bond donors (Lipinski definition) is 1. The smallest absolute Gasteiger partial charge is 0.410 e. The van der Waals surface area contributed by atoms with E-state index in [-0.39, 0.29) is 35.5 Å². The van der Waals surface area contributed by atoms with Crippen LogP contribution in [0.25, 0.3) is 0 Å². The van der Waals surface area contributed by atoms with Crippen molar-refractivity contribution in [1.82, 2.24) is 14.5 Å². The lowest BCUT2D eigenvalue weighted by Crippen LogP contribution is -2.49. The zero-order chi connectivity index (χ0) is 37.3. The van der Waals surface area contributed by atoms with Gasteiger partial charge in [-0.1, -0.05) is 36.4 Å². The fraction of sp³-hybridized carbons (Fsp3) is 0.590. The number of nitrogens with one attached hydrogen (secondary N) is 1. The van der Waals surface area contributed by atoms with E-state index in [2.05, 4.69) is 22.3 Å². The van der Waals surface area contributed by atoms with Crippen LogP contribution in [0.5, 0.6) is 0 Å². The van der Waals surface area contributed by atoms with E-state index in [4.69, 9.17) is 30.5 Å². The first-order chi connectivity index (χ1) is 24.7. The molecule has 1 N–H and O–H groups in total. The molecule has 284 valence electrons. The number of hydrogen-bond acceptors (Lipinski definition) is 9. The van der Waals surface area contributed by atoms with Gasteiger partial charge in [0.1, 0.15) is 17.5 Å². The molecule has 1 aromatic rings. The normalized spacial score (nSPS) is 32.9. The third-order valence-corrected chi connectivity index (χ3v) is 13.0. The Bertz CT molecular complexity index is 1760. The summed E-state index contributed by atoms with van der Waals surface area (Å²) in [5, 5.41) is 0.687. The highest BCUT2D eigenvalue weighted by atomic mass is 35.5. The number of carbonyl (C=O) groups is 2. The van der Waals surface area contributed by atoms with Crippen LogP contribution >= 0.6 is 11.6 Å². The maximum absolute atomic E-state index is 13.7. The molecule has 5 atom stereocenters. The summed E-state index contributed by atoms with van der Waals surface area (Å²) in [6.45, 7) is 14.0. The maximum atomic E-state index is 13.7. The molecule has 1 aromatic carbocycles. The minimum absolute atomic E-state index is 0.00767. The average Bonchev–Trinajstić information content (AvgIpc) is 3.51. The van der Waals surface area contributed by atoms with Crippen molar-refractivity contribution in [1.29, 1.82) is 0 Å². The molecule has 2 saturated heterocycles. The standard InChI is InChI=1S/C39H52ClN3O8S/c1-6-31-21-34-26(3)49-25-39(17-8-10-27-20-29(40)13-15-33(27)39)24-43(34)22-28-12-14-32(28)35(51-37(45)42-18-16-30(23-42)48-7-2)11-9-19-50-38(4,5)36(44)41-52(31,46)47/h6,9,11,13,15,20-21,28,30,32,35H,3,7-8,10,12,14,16-19,22-25H2,1-2,4-5H3,(H,41,44)/b11-9+,31-6+,34-21+/t28-,30+,32+,35-,39-/m0/s1. The van der Waals surface area contributed by atoms with E-state index >= 15 is 0 Å². The number of allylic oxidation sites excluding steroid dienone is 2. The van der Waals surface area contributed by atoms with Crippen LogP contribution in [0.1, 0.15) is 70.9 Å². The second kappa shape index (κ2) is 15.6. The molecule has 3 aliphatic heterocycles. The molecule has 6 rings (SSSR count). The summed E-state index contributed by atoms with van der Waals surface area (Å²) in [4.78, 5) is 30.7. The van der Waals surface area contributed by atoms with E-state index in [9.17, 15) is 18.0 Å². The summed E-state index contributed by atoms with van der Waals surface area (Å²) < 4.78 is 54.1. The van der Waals surface area contributed by atoms with Gasteiger partial charge in [0.05, 0.1) is 36.5 Å². The first kappa shape index (κ1) is 38.4. The summed E-state index contributed by atoms with van der Waals surface area (Å²) in [6, 6.07) is 6.04. The van der Waals surface area contributed by atoms with Gasteiger partial charge in [-0.25, -0.2) is 17.9 Å². The molecule has 0 unspecified atom stereocenters. The zero-order valence-corrected chi connectivity index (χ0v) is 32.3. The summed E-state index contributed by atoms with van der Waals surface area (Å²) >= 11 is 6.44. The molecule has 52 heavy (non-hydrogen) atoms. The summed E-state index contributed by atoms with van der Waals surface area (Å²) in [5.74, 6) is -0.366. The molecule has 13 heteroatoms. The largest absolute Gasteiger partial charge is 0.491 e. The van der Waals surface area contributed by atoms with Crippen molar-refractivity contribution in [3.05, 3.63) is 81.6 Å². The van der Waals surface area contributed by atoms with E-state index in [0.717, 1.165) is 38.5 Å². The van der Waals surface area contributed by atoms with Crippen molar-refractivity contribution < 1.29 is 37.0 Å². The van der Waals surface area contributed by atoms with E-state index < -0.39 is 33.1 Å². The van der Waals surface area contributed by atoms with Crippen LogP contribution < -0.4 is 4.72 Å². The topological polar surface area (TPSA) is 124 Å². The SMILES string of the molecule is C=C1OC[C@]2(CCCc3cc(Cl)ccc32)CN2C[C@@H]3CC[C@H]3[C@@H](OC(=O)N3CC[C@@H](OCC)C3)/C=C/COC(C)(C)C(=O)NS(=O)(=O)C(=C/C)/C=C\12. The number of carbonyl (C=O) groups excluding carboxylic acids is 2. The van der Waals surface area contributed by atoms with Crippen molar-refractivity contribution in [3.63, 3.8) is 0 Å². The van der Waals surface area contributed by atoms with Crippen LogP contribution in [0.4, 0.5) is 4.79 Å². The van der Waals surface area contributed by atoms with Gasteiger partial charge in [-0.15, -0.1) is 0 Å². The fourth-order valence-electron chi connectivity index (χ4n) is 8.19. The molecule has 0 bridgehead atoms. The number of fused-ring (bicyclic) bond motifs is 4. The number of halogens is 1. The van der Waals surface area contributed by atoms with E-state index in [1.165, 1.54) is 31.1 Å². The van der Waals surface area contributed by atoms with E-state index in [1.807, 2.05) is 25.1 Å². The number of benzene rings is 1. The first-order valence-electron chi connectivity index (χ1n) is 18.4. The Balaban J connectivity index is 1.38. The van der Waals surface area contributed by atoms with Gasteiger partial charge in [-0.2, -0.15) is 0 Å². The third-order valence-electron chi connectivity index (χ3n) is 11.3. The minimum Gasteiger partial charge on any atom is -0.491 e. The van der Waals surface area contributed by atoms with Crippen molar-refractivity contribution in [2.75, 3.05) is 46.0 Å². The molecule has 0 radical (unpaired) electrons.